The molecule has 0 aromatic rings. The van der Waals surface area contributed by atoms with E-state index in [0.29, 0.717) is 0 Å². The van der Waals surface area contributed by atoms with Crippen LogP contribution in [0.15, 0.2) is 0 Å². The average molecular weight is 201 g/mol. The Bertz CT molecular complexity index is 172. The highest BCUT2D eigenvalue weighted by atomic mass is 32.1. The maximum atomic E-state index is 5.27. The number of hydrogen-bond donors (Lipinski definition) is 1. The Morgan fingerprint density at radius 2 is 2.08 bits per heavy atom. The summed E-state index contributed by atoms with van der Waals surface area (Å²) in [5.41, 5.74) is 0. The lowest BCUT2D eigenvalue weighted by molar-refractivity contribution is 0.345. The van der Waals surface area contributed by atoms with Gasteiger partial charge in [0.15, 0.2) is 5.11 Å². The van der Waals surface area contributed by atoms with Crippen molar-refractivity contribution in [3.8, 4) is 0 Å². The maximum Gasteiger partial charge on any atom is 0.168 e. The van der Waals surface area contributed by atoms with Crippen LogP contribution in [0.3, 0.4) is 0 Å². The molecule has 1 N–H and O–H groups in total. The van der Waals surface area contributed by atoms with E-state index in [9.17, 15) is 0 Å². The van der Waals surface area contributed by atoms with E-state index in [2.05, 4.69) is 29.1 Å². The summed E-state index contributed by atoms with van der Waals surface area (Å²) in [7, 11) is 2.17. The van der Waals surface area contributed by atoms with Crippen molar-refractivity contribution in [3.63, 3.8) is 0 Å². The van der Waals surface area contributed by atoms with Crippen molar-refractivity contribution in [2.24, 2.45) is 0 Å². The van der Waals surface area contributed by atoms with Crippen molar-refractivity contribution >= 4 is 17.3 Å². The minimum absolute atomic E-state index is 0.915. The fourth-order valence-electron chi connectivity index (χ4n) is 1.51. The molecule has 0 aromatic carbocycles. The molecule has 1 aliphatic heterocycles. The molecular weight excluding hydrogens is 182 g/mol. The van der Waals surface area contributed by atoms with Gasteiger partial charge >= 0.3 is 0 Å². The molecule has 0 spiro atoms. The Balaban J connectivity index is 2.37. The van der Waals surface area contributed by atoms with Crippen LogP contribution in [-0.4, -0.2) is 54.7 Å². The van der Waals surface area contributed by atoms with Crippen molar-refractivity contribution < 1.29 is 0 Å². The second-order valence-electron chi connectivity index (χ2n) is 3.48. The highest BCUT2D eigenvalue weighted by molar-refractivity contribution is 7.80. The molecule has 4 heteroatoms. The quantitative estimate of drug-likeness (QED) is 0.623. The first-order valence-corrected chi connectivity index (χ1v) is 5.36. The van der Waals surface area contributed by atoms with Gasteiger partial charge in [0.25, 0.3) is 0 Å². The number of nitrogens with zero attached hydrogens (tertiary/aromatic N) is 2. The van der Waals surface area contributed by atoms with E-state index in [4.69, 9.17) is 12.2 Å². The zero-order valence-corrected chi connectivity index (χ0v) is 9.36. The molecule has 1 heterocycles. The van der Waals surface area contributed by atoms with Crippen molar-refractivity contribution in [1.82, 2.24) is 15.1 Å². The fourth-order valence-corrected chi connectivity index (χ4v) is 1.84. The summed E-state index contributed by atoms with van der Waals surface area (Å²) in [4.78, 5) is 4.62. The molecule has 13 heavy (non-hydrogen) atoms. The Kier molecular flexibility index (Phi) is 4.45. The van der Waals surface area contributed by atoms with Crippen LogP contribution in [0.4, 0.5) is 0 Å². The molecule has 76 valence electrons. The minimum Gasteiger partial charge on any atom is -0.363 e. The zero-order chi connectivity index (χ0) is 9.68. The first-order valence-electron chi connectivity index (χ1n) is 4.95. The normalized spacial score (nSPS) is 19.7. The SMILES string of the molecule is CCNC(=S)N1CCCN(C)CC1. The summed E-state index contributed by atoms with van der Waals surface area (Å²) in [5, 5.41) is 4.11. The third kappa shape index (κ3) is 3.48. The van der Waals surface area contributed by atoms with Gasteiger partial charge in [-0.3, -0.25) is 0 Å². The third-order valence-corrected chi connectivity index (χ3v) is 2.74. The average Bonchev–Trinajstić information content (AvgIpc) is 2.30. The van der Waals surface area contributed by atoms with E-state index in [1.54, 1.807) is 0 Å². The van der Waals surface area contributed by atoms with Gasteiger partial charge in [-0.2, -0.15) is 0 Å². The van der Waals surface area contributed by atoms with Gasteiger partial charge in [-0.25, -0.2) is 0 Å². The number of likely N-dealkylation sites (N-methyl/N-ethyl adjacent to an activating group) is 1. The van der Waals surface area contributed by atoms with Gasteiger partial charge in [0.2, 0.25) is 0 Å². The summed E-state index contributed by atoms with van der Waals surface area (Å²) in [6.45, 7) is 7.46. The summed E-state index contributed by atoms with van der Waals surface area (Å²) >= 11 is 5.27. The van der Waals surface area contributed by atoms with Crippen LogP contribution in [0.25, 0.3) is 0 Å². The van der Waals surface area contributed by atoms with Gasteiger partial charge in [0, 0.05) is 26.2 Å². The van der Waals surface area contributed by atoms with Crippen LogP contribution in [0.2, 0.25) is 0 Å². The molecule has 0 atom stereocenters. The topological polar surface area (TPSA) is 18.5 Å². The van der Waals surface area contributed by atoms with Crippen molar-refractivity contribution in [3.05, 3.63) is 0 Å². The summed E-state index contributed by atoms with van der Waals surface area (Å²) in [6.07, 6.45) is 1.21. The lowest BCUT2D eigenvalue weighted by Gasteiger charge is -2.23. The molecule has 1 saturated heterocycles. The first kappa shape index (κ1) is 10.7. The highest BCUT2D eigenvalue weighted by Crippen LogP contribution is 2.01. The van der Waals surface area contributed by atoms with Crippen molar-refractivity contribution in [2.45, 2.75) is 13.3 Å². The molecule has 0 aromatic heterocycles. The van der Waals surface area contributed by atoms with Crippen molar-refractivity contribution in [1.29, 1.82) is 0 Å². The largest absolute Gasteiger partial charge is 0.363 e. The molecule has 0 bridgehead atoms. The Morgan fingerprint density at radius 1 is 1.31 bits per heavy atom. The first-order chi connectivity index (χ1) is 6.24. The minimum atomic E-state index is 0.915. The van der Waals surface area contributed by atoms with Gasteiger partial charge in [-0.05, 0) is 39.2 Å². The summed E-state index contributed by atoms with van der Waals surface area (Å²) < 4.78 is 0. The van der Waals surface area contributed by atoms with Crippen LogP contribution in [0, 0.1) is 0 Å². The van der Waals surface area contributed by atoms with E-state index >= 15 is 0 Å². The monoisotopic (exact) mass is 201 g/mol. The summed E-state index contributed by atoms with van der Waals surface area (Å²) in [5.74, 6) is 0. The highest BCUT2D eigenvalue weighted by Gasteiger charge is 2.13. The Hall–Kier alpha value is -0.350. The van der Waals surface area contributed by atoms with Crippen molar-refractivity contribution in [2.75, 3.05) is 39.8 Å². The molecule has 0 unspecified atom stereocenters. The molecular formula is C9H19N3S. The van der Waals surface area contributed by atoms with E-state index in [1.807, 2.05) is 0 Å². The van der Waals surface area contributed by atoms with Gasteiger partial charge in [0.05, 0.1) is 0 Å². The number of rotatable bonds is 1. The zero-order valence-electron chi connectivity index (χ0n) is 8.55. The number of hydrogen-bond acceptors (Lipinski definition) is 2. The Morgan fingerprint density at radius 3 is 2.77 bits per heavy atom. The van der Waals surface area contributed by atoms with Crippen LogP contribution in [0.1, 0.15) is 13.3 Å². The predicted octanol–water partition coefficient (Wildman–Crippen LogP) is 0.518. The van der Waals surface area contributed by atoms with Gasteiger partial charge in [0.1, 0.15) is 0 Å². The molecule has 0 radical (unpaired) electrons. The second-order valence-corrected chi connectivity index (χ2v) is 3.87. The molecule has 1 aliphatic rings. The maximum absolute atomic E-state index is 5.27. The van der Waals surface area contributed by atoms with E-state index in [1.165, 1.54) is 13.0 Å². The van der Waals surface area contributed by atoms with E-state index < -0.39 is 0 Å². The molecule has 0 amide bonds. The molecule has 1 rings (SSSR count). The summed E-state index contributed by atoms with van der Waals surface area (Å²) in [6, 6.07) is 0. The molecule has 3 nitrogen and oxygen atoms in total. The smallest absolute Gasteiger partial charge is 0.168 e. The molecule has 0 saturated carbocycles. The number of nitrogens with one attached hydrogen (secondary N) is 1. The molecule has 1 fully saturated rings. The lowest BCUT2D eigenvalue weighted by Crippen LogP contribution is -2.41. The predicted molar refractivity (Wildman–Crippen MR) is 60.0 cm³/mol. The van der Waals surface area contributed by atoms with Crippen LogP contribution in [0.5, 0.6) is 0 Å². The van der Waals surface area contributed by atoms with Gasteiger partial charge in [-0.15, -0.1) is 0 Å². The second kappa shape index (κ2) is 5.40. The number of thiocarbonyl (C=S) groups is 1. The van der Waals surface area contributed by atoms with Crippen LogP contribution in [-0.2, 0) is 0 Å². The fraction of sp³-hybridized carbons (Fsp3) is 0.889. The Labute approximate surface area is 86.1 Å². The van der Waals surface area contributed by atoms with E-state index in [-0.39, 0.29) is 0 Å². The van der Waals surface area contributed by atoms with Gasteiger partial charge in [-0.1, -0.05) is 0 Å². The standard InChI is InChI=1S/C9H19N3S/c1-3-10-9(13)12-6-4-5-11(2)7-8-12/h3-8H2,1-2H3,(H,10,13). The van der Waals surface area contributed by atoms with Gasteiger partial charge < -0.3 is 15.1 Å². The molecule has 0 aliphatic carbocycles. The lowest BCUT2D eigenvalue weighted by atomic mass is 10.4. The van der Waals surface area contributed by atoms with Crippen LogP contribution < -0.4 is 5.32 Å². The van der Waals surface area contributed by atoms with E-state index in [0.717, 1.165) is 31.3 Å². The third-order valence-electron chi connectivity index (χ3n) is 2.33. The van der Waals surface area contributed by atoms with Crippen LogP contribution >= 0.6 is 12.2 Å².